The normalized spacial score (nSPS) is 15.7. The van der Waals surface area contributed by atoms with Crippen LogP contribution in [0.3, 0.4) is 0 Å². The van der Waals surface area contributed by atoms with Crippen molar-refractivity contribution in [3.63, 3.8) is 0 Å². The maximum Gasteiger partial charge on any atom is 0.334 e. The van der Waals surface area contributed by atoms with Gasteiger partial charge < -0.3 is 25.2 Å². The van der Waals surface area contributed by atoms with Crippen LogP contribution in [0.1, 0.15) is 33.4 Å². The second-order valence-corrected chi connectivity index (χ2v) is 9.67. The number of nitrogens with two attached hydrogens (primary N) is 1. The van der Waals surface area contributed by atoms with E-state index < -0.39 is 42.5 Å². The van der Waals surface area contributed by atoms with Gasteiger partial charge in [0.15, 0.2) is 11.3 Å². The van der Waals surface area contributed by atoms with Gasteiger partial charge in [0.05, 0.1) is 24.6 Å². The van der Waals surface area contributed by atoms with Crippen LogP contribution < -0.4 is 11.1 Å². The maximum absolute atomic E-state index is 13.0. The molecule has 4 N–H and O–H groups in total. The molecule has 0 aliphatic heterocycles. The van der Waals surface area contributed by atoms with E-state index in [0.717, 1.165) is 0 Å². The number of ketones is 1. The summed E-state index contributed by atoms with van der Waals surface area (Å²) in [6, 6.07) is -1.20. The number of rotatable bonds is 14. The molecule has 31 heavy (non-hydrogen) atoms. The smallest absolute Gasteiger partial charge is 0.334 e. The summed E-state index contributed by atoms with van der Waals surface area (Å²) >= 11 is 4.24. The van der Waals surface area contributed by atoms with E-state index in [1.165, 1.54) is 24.7 Å². The molecular weight excluding hydrogens is 449 g/mol. The van der Waals surface area contributed by atoms with E-state index in [9.17, 15) is 18.9 Å². The number of hydrogen-bond acceptors (Lipinski definition) is 10. The quantitative estimate of drug-likeness (QED) is 0.164. The summed E-state index contributed by atoms with van der Waals surface area (Å²) in [6.45, 7) is 5.91. The third-order valence-electron chi connectivity index (χ3n) is 4.38. The van der Waals surface area contributed by atoms with Gasteiger partial charge in [-0.3, -0.25) is 18.9 Å². The highest BCUT2D eigenvalue weighted by Gasteiger charge is 2.38. The number of thiol groups is 1. The maximum atomic E-state index is 13.0. The molecule has 0 aliphatic rings. The molecule has 0 spiro atoms. The lowest BCUT2D eigenvalue weighted by Crippen LogP contribution is -2.60. The fraction of sp³-hybridized carbons (Fsp3) is 0.706. The van der Waals surface area contributed by atoms with E-state index in [4.69, 9.17) is 19.9 Å². The van der Waals surface area contributed by atoms with Crippen LogP contribution >= 0.6 is 20.2 Å². The first-order valence-corrected chi connectivity index (χ1v) is 11.9. The summed E-state index contributed by atoms with van der Waals surface area (Å²) in [6.07, 6.45) is 1.65. The van der Waals surface area contributed by atoms with Gasteiger partial charge in [0.2, 0.25) is 5.91 Å². The lowest BCUT2D eigenvalue weighted by molar-refractivity contribution is -0.144. The van der Waals surface area contributed by atoms with Crippen LogP contribution in [0.5, 0.6) is 0 Å². The molecule has 0 fully saturated rings. The second-order valence-electron chi connectivity index (χ2n) is 6.98. The van der Waals surface area contributed by atoms with E-state index in [0.29, 0.717) is 5.69 Å². The first-order chi connectivity index (χ1) is 14.4. The van der Waals surface area contributed by atoms with Crippen molar-refractivity contribution in [3.8, 4) is 0 Å². The van der Waals surface area contributed by atoms with Crippen LogP contribution in [0.15, 0.2) is 6.20 Å². The molecule has 1 aromatic rings. The highest BCUT2D eigenvalue weighted by atomic mass is 32.1. The average Bonchev–Trinajstić information content (AvgIpc) is 3.13. The number of aromatic nitrogens is 3. The van der Waals surface area contributed by atoms with Crippen LogP contribution in [-0.4, -0.2) is 74.0 Å². The number of hydrogen-bond donors (Lipinski definition) is 4. The molecule has 0 aliphatic carbocycles. The van der Waals surface area contributed by atoms with Crippen molar-refractivity contribution in [1.29, 1.82) is 0 Å². The van der Waals surface area contributed by atoms with E-state index in [2.05, 4.69) is 28.3 Å². The molecule has 1 aromatic heterocycles. The van der Waals surface area contributed by atoms with Gasteiger partial charge in [-0.2, -0.15) is 12.6 Å². The number of amides is 1. The molecular formula is C17H30N5O7PS. The lowest BCUT2D eigenvalue weighted by atomic mass is 9.96. The Kier molecular flexibility index (Phi) is 10.3. The van der Waals surface area contributed by atoms with E-state index in [1.807, 2.05) is 0 Å². The Hall–Kier alpha value is -1.79. The summed E-state index contributed by atoms with van der Waals surface area (Å²) in [7, 11) is -3.42. The van der Waals surface area contributed by atoms with Crippen molar-refractivity contribution < 1.29 is 33.1 Å². The molecule has 0 saturated carbocycles. The van der Waals surface area contributed by atoms with E-state index in [1.54, 1.807) is 13.8 Å². The average molecular weight is 479 g/mol. The molecule has 14 heteroatoms. The number of aliphatic carboxylic acids is 1. The van der Waals surface area contributed by atoms with Gasteiger partial charge in [-0.1, -0.05) is 5.21 Å². The Morgan fingerprint density at radius 1 is 1.35 bits per heavy atom. The molecule has 0 aromatic carbocycles. The standard InChI is InChI=1S/C17H30N5O7PS/c1-5-28-30(27,29-6-2)13(10-31)7-12-8-22(21-20-12)9-14(23)17(4,18)16(26)19-11(3)15(24)25/h8,11,13,31H,5-7,9-10,18H2,1-4H3,(H,19,26)(H,24,25). The molecule has 1 heterocycles. The number of Topliss-reactive ketones (excluding diaryl/α,β-unsaturated/α-hetero) is 1. The molecule has 1 rings (SSSR count). The molecule has 0 saturated heterocycles. The summed E-state index contributed by atoms with van der Waals surface area (Å²) in [5.74, 6) is -2.66. The number of carboxylic acid groups (broad SMARTS) is 1. The SMILES string of the molecule is CCOP(=O)(OCC)C(CS)Cc1cn(CC(=O)C(C)(N)C(=O)NC(C)C(=O)O)nn1. The summed E-state index contributed by atoms with van der Waals surface area (Å²) in [4.78, 5) is 35.6. The predicted octanol–water partition coefficient (Wildman–Crippen LogP) is 0.261. The minimum atomic E-state index is -3.42. The highest BCUT2D eigenvalue weighted by molar-refractivity contribution is 7.80. The number of carbonyl (C=O) groups excluding carboxylic acids is 2. The molecule has 0 radical (unpaired) electrons. The Bertz CT molecular complexity index is 822. The van der Waals surface area contributed by atoms with Crippen molar-refractivity contribution in [1.82, 2.24) is 20.3 Å². The molecule has 3 atom stereocenters. The van der Waals surface area contributed by atoms with Crippen molar-refractivity contribution in [2.45, 2.75) is 57.9 Å². The van der Waals surface area contributed by atoms with Crippen molar-refractivity contribution in [2.75, 3.05) is 19.0 Å². The third kappa shape index (κ3) is 7.39. The van der Waals surface area contributed by atoms with Crippen LogP contribution in [0.4, 0.5) is 0 Å². The number of carbonyl (C=O) groups is 3. The van der Waals surface area contributed by atoms with Gasteiger partial charge in [0.25, 0.3) is 0 Å². The fourth-order valence-electron chi connectivity index (χ4n) is 2.48. The van der Waals surface area contributed by atoms with Gasteiger partial charge in [-0.15, -0.1) is 5.10 Å². The molecule has 3 unspecified atom stereocenters. The van der Waals surface area contributed by atoms with Gasteiger partial charge in [-0.05, 0) is 27.7 Å². The molecule has 12 nitrogen and oxygen atoms in total. The minimum Gasteiger partial charge on any atom is -0.480 e. The number of nitrogens with one attached hydrogen (secondary N) is 1. The van der Waals surface area contributed by atoms with E-state index >= 15 is 0 Å². The fourth-order valence-corrected chi connectivity index (χ4v) is 5.04. The highest BCUT2D eigenvalue weighted by Crippen LogP contribution is 2.54. The zero-order chi connectivity index (χ0) is 23.8. The zero-order valence-electron chi connectivity index (χ0n) is 18.0. The van der Waals surface area contributed by atoms with Crippen LogP contribution in [-0.2, 0) is 41.0 Å². The Morgan fingerprint density at radius 2 is 1.94 bits per heavy atom. The largest absolute Gasteiger partial charge is 0.480 e. The number of nitrogens with zero attached hydrogens (tertiary/aromatic N) is 3. The van der Waals surface area contributed by atoms with Gasteiger partial charge in [-0.25, -0.2) is 4.68 Å². The molecule has 1 amide bonds. The predicted molar refractivity (Wildman–Crippen MR) is 115 cm³/mol. The van der Waals surface area contributed by atoms with Crippen molar-refractivity contribution >= 4 is 37.9 Å². The van der Waals surface area contributed by atoms with Crippen LogP contribution in [0.2, 0.25) is 0 Å². The summed E-state index contributed by atoms with van der Waals surface area (Å²) < 4.78 is 24.9. The first-order valence-electron chi connectivity index (χ1n) is 9.65. The zero-order valence-corrected chi connectivity index (χ0v) is 19.8. The Morgan fingerprint density at radius 3 is 2.42 bits per heavy atom. The van der Waals surface area contributed by atoms with Crippen LogP contribution in [0.25, 0.3) is 0 Å². The molecule has 0 bridgehead atoms. The topological polar surface area (TPSA) is 176 Å². The van der Waals surface area contributed by atoms with Crippen molar-refractivity contribution in [2.24, 2.45) is 5.73 Å². The molecule has 176 valence electrons. The van der Waals surface area contributed by atoms with Crippen molar-refractivity contribution in [3.05, 3.63) is 11.9 Å². The van der Waals surface area contributed by atoms with E-state index in [-0.39, 0.29) is 31.9 Å². The third-order valence-corrected chi connectivity index (χ3v) is 7.61. The Balaban J connectivity index is 2.87. The summed E-state index contributed by atoms with van der Waals surface area (Å²) in [5.41, 5.74) is 3.72. The second kappa shape index (κ2) is 11.7. The van der Waals surface area contributed by atoms with Gasteiger partial charge in [0, 0.05) is 18.4 Å². The first kappa shape index (κ1) is 27.2. The van der Waals surface area contributed by atoms with Gasteiger partial charge in [0.1, 0.15) is 12.6 Å². The minimum absolute atomic E-state index is 0.186. The lowest BCUT2D eigenvalue weighted by Gasteiger charge is -2.24. The monoisotopic (exact) mass is 479 g/mol. The Labute approximate surface area is 186 Å². The van der Waals surface area contributed by atoms with Gasteiger partial charge >= 0.3 is 13.6 Å². The summed E-state index contributed by atoms with van der Waals surface area (Å²) in [5, 5.41) is 18.9. The number of carboxylic acids is 1. The van der Waals surface area contributed by atoms with Crippen LogP contribution in [0, 0.1) is 0 Å².